The Morgan fingerprint density at radius 3 is 2.86 bits per heavy atom. The molecule has 3 rings (SSSR count). The summed E-state index contributed by atoms with van der Waals surface area (Å²) in [6.07, 6.45) is 1.73. The Balaban J connectivity index is 1.74. The molecule has 0 radical (unpaired) electrons. The van der Waals surface area contributed by atoms with Crippen LogP contribution in [0.4, 0.5) is 16.0 Å². The summed E-state index contributed by atoms with van der Waals surface area (Å²) < 4.78 is 0. The van der Waals surface area contributed by atoms with E-state index >= 15 is 0 Å². The number of carbonyl (C=O) groups is 1. The first-order chi connectivity index (χ1) is 10.2. The van der Waals surface area contributed by atoms with Crippen molar-refractivity contribution in [2.24, 2.45) is 0 Å². The number of aryl methyl sites for hydroxylation is 1. The molecule has 2 heterocycles. The minimum Gasteiger partial charge on any atom is -0.332 e. The smallest absolute Gasteiger partial charge is 0.257 e. The van der Waals surface area contributed by atoms with Gasteiger partial charge in [-0.1, -0.05) is 6.07 Å². The van der Waals surface area contributed by atoms with Crippen molar-refractivity contribution in [1.29, 1.82) is 0 Å². The molecule has 5 nitrogen and oxygen atoms in total. The van der Waals surface area contributed by atoms with Crippen molar-refractivity contribution < 1.29 is 4.79 Å². The van der Waals surface area contributed by atoms with Crippen molar-refractivity contribution in [2.45, 2.75) is 6.92 Å². The number of rotatable bonds is 4. The van der Waals surface area contributed by atoms with E-state index < -0.39 is 0 Å². The molecule has 106 valence electrons. The van der Waals surface area contributed by atoms with Crippen LogP contribution >= 0.6 is 22.7 Å². The van der Waals surface area contributed by atoms with Gasteiger partial charge < -0.3 is 5.32 Å². The topological polar surface area (TPSA) is 66.9 Å². The number of nitrogens with one attached hydrogen (secondary N) is 2. The Kier molecular flexibility index (Phi) is 3.94. The maximum absolute atomic E-state index is 12.2. The fourth-order valence-corrected chi connectivity index (χ4v) is 2.96. The van der Waals surface area contributed by atoms with E-state index in [9.17, 15) is 4.79 Å². The summed E-state index contributed by atoms with van der Waals surface area (Å²) in [6.45, 7) is 1.89. The molecule has 0 saturated heterocycles. The van der Waals surface area contributed by atoms with E-state index in [0.29, 0.717) is 10.7 Å². The molecule has 0 unspecified atom stereocenters. The number of carbonyl (C=O) groups excluding carboxylic acids is 1. The maximum Gasteiger partial charge on any atom is 0.257 e. The summed E-state index contributed by atoms with van der Waals surface area (Å²) in [5.41, 5.74) is 2.30. The molecule has 2 N–H and O–H groups in total. The summed E-state index contributed by atoms with van der Waals surface area (Å²) in [5, 5.41) is 11.1. The number of amides is 1. The zero-order chi connectivity index (χ0) is 14.7. The standard InChI is InChI=1S/C14H12N4OS2/c1-9-8-21-14(16-9)18-12(19)10-3-2-4-11(7-10)17-13-15-5-6-20-13/h2-8H,1H3,(H,15,17)(H,16,18,19). The third kappa shape index (κ3) is 3.45. The first kappa shape index (κ1) is 13.7. The monoisotopic (exact) mass is 316 g/mol. The first-order valence-electron chi connectivity index (χ1n) is 6.21. The van der Waals surface area contributed by atoms with E-state index in [2.05, 4.69) is 20.6 Å². The van der Waals surface area contributed by atoms with E-state index in [1.165, 1.54) is 22.7 Å². The third-order valence-electron chi connectivity index (χ3n) is 2.65. The summed E-state index contributed by atoms with van der Waals surface area (Å²) in [6, 6.07) is 7.28. The lowest BCUT2D eigenvalue weighted by atomic mass is 10.2. The van der Waals surface area contributed by atoms with E-state index in [4.69, 9.17) is 0 Å². The van der Waals surface area contributed by atoms with Crippen LogP contribution < -0.4 is 10.6 Å². The van der Waals surface area contributed by atoms with Gasteiger partial charge in [0.2, 0.25) is 0 Å². The Labute approximate surface area is 129 Å². The van der Waals surface area contributed by atoms with Gasteiger partial charge in [-0.05, 0) is 25.1 Å². The van der Waals surface area contributed by atoms with Crippen LogP contribution in [0.15, 0.2) is 41.2 Å². The largest absolute Gasteiger partial charge is 0.332 e. The van der Waals surface area contributed by atoms with Gasteiger partial charge in [-0.2, -0.15) is 0 Å². The lowest BCUT2D eigenvalue weighted by Crippen LogP contribution is -2.11. The Morgan fingerprint density at radius 2 is 2.14 bits per heavy atom. The predicted octanol–water partition coefficient (Wildman–Crippen LogP) is 3.90. The van der Waals surface area contributed by atoms with Gasteiger partial charge in [-0.3, -0.25) is 10.1 Å². The summed E-state index contributed by atoms with van der Waals surface area (Å²) in [5.74, 6) is -0.174. The lowest BCUT2D eigenvalue weighted by Gasteiger charge is -2.06. The van der Waals surface area contributed by atoms with Crippen molar-refractivity contribution in [3.05, 3.63) is 52.5 Å². The molecule has 3 aromatic rings. The van der Waals surface area contributed by atoms with Gasteiger partial charge in [0, 0.05) is 28.2 Å². The highest BCUT2D eigenvalue weighted by atomic mass is 32.1. The summed E-state index contributed by atoms with van der Waals surface area (Å²) in [7, 11) is 0. The highest BCUT2D eigenvalue weighted by Gasteiger charge is 2.09. The summed E-state index contributed by atoms with van der Waals surface area (Å²) >= 11 is 2.92. The van der Waals surface area contributed by atoms with E-state index in [1.807, 2.05) is 29.8 Å². The average molecular weight is 316 g/mol. The second-order valence-electron chi connectivity index (χ2n) is 4.29. The minimum atomic E-state index is -0.174. The molecule has 0 fully saturated rings. The van der Waals surface area contributed by atoms with Crippen LogP contribution in [0, 0.1) is 6.92 Å². The molecule has 0 atom stereocenters. The van der Waals surface area contributed by atoms with Gasteiger partial charge in [0.05, 0.1) is 5.69 Å². The second-order valence-corrected chi connectivity index (χ2v) is 6.04. The van der Waals surface area contributed by atoms with E-state index in [-0.39, 0.29) is 5.91 Å². The number of thiazole rings is 2. The molecule has 21 heavy (non-hydrogen) atoms. The van der Waals surface area contributed by atoms with Gasteiger partial charge in [0.25, 0.3) is 5.91 Å². The maximum atomic E-state index is 12.2. The second kappa shape index (κ2) is 6.02. The summed E-state index contributed by atoms with van der Waals surface area (Å²) in [4.78, 5) is 20.6. The number of hydrogen-bond acceptors (Lipinski definition) is 6. The number of aromatic nitrogens is 2. The molecule has 0 spiro atoms. The van der Waals surface area contributed by atoms with Gasteiger partial charge in [-0.25, -0.2) is 9.97 Å². The Morgan fingerprint density at radius 1 is 1.24 bits per heavy atom. The Hall–Kier alpha value is -2.25. The number of nitrogens with zero attached hydrogens (tertiary/aromatic N) is 2. The molecule has 0 aliphatic carbocycles. The van der Waals surface area contributed by atoms with Crippen LogP contribution in [0.3, 0.4) is 0 Å². The van der Waals surface area contributed by atoms with Gasteiger partial charge in [0.15, 0.2) is 10.3 Å². The SMILES string of the molecule is Cc1csc(NC(=O)c2cccc(Nc3nccs3)c2)n1. The van der Waals surface area contributed by atoms with Crippen molar-refractivity contribution in [3.63, 3.8) is 0 Å². The fraction of sp³-hybridized carbons (Fsp3) is 0.0714. The molecule has 0 aliphatic heterocycles. The Bertz CT molecular complexity index is 752. The van der Waals surface area contributed by atoms with Crippen LogP contribution in [-0.4, -0.2) is 15.9 Å². The quantitative estimate of drug-likeness (QED) is 0.766. The lowest BCUT2D eigenvalue weighted by molar-refractivity contribution is 0.102. The van der Waals surface area contributed by atoms with E-state index in [1.54, 1.807) is 18.3 Å². The number of hydrogen-bond donors (Lipinski definition) is 2. The van der Waals surface area contributed by atoms with Crippen LogP contribution in [0.5, 0.6) is 0 Å². The third-order valence-corrected chi connectivity index (χ3v) is 4.21. The van der Waals surface area contributed by atoms with Crippen LogP contribution in [0.1, 0.15) is 16.1 Å². The fourth-order valence-electron chi connectivity index (χ4n) is 1.73. The zero-order valence-corrected chi connectivity index (χ0v) is 12.8. The zero-order valence-electron chi connectivity index (χ0n) is 11.2. The number of anilines is 3. The first-order valence-corrected chi connectivity index (χ1v) is 7.97. The molecule has 1 aromatic carbocycles. The van der Waals surface area contributed by atoms with Crippen LogP contribution in [-0.2, 0) is 0 Å². The highest BCUT2D eigenvalue weighted by molar-refractivity contribution is 7.14. The van der Waals surface area contributed by atoms with Gasteiger partial charge >= 0.3 is 0 Å². The average Bonchev–Trinajstić information content (AvgIpc) is 3.11. The van der Waals surface area contributed by atoms with Crippen LogP contribution in [0.25, 0.3) is 0 Å². The van der Waals surface area contributed by atoms with Gasteiger partial charge in [-0.15, -0.1) is 22.7 Å². The molecular weight excluding hydrogens is 304 g/mol. The van der Waals surface area contributed by atoms with Crippen molar-refractivity contribution in [3.8, 4) is 0 Å². The molecule has 7 heteroatoms. The minimum absolute atomic E-state index is 0.174. The van der Waals surface area contributed by atoms with Crippen molar-refractivity contribution in [1.82, 2.24) is 9.97 Å². The molecule has 1 amide bonds. The van der Waals surface area contributed by atoms with Crippen molar-refractivity contribution >= 4 is 44.5 Å². The molecule has 0 aliphatic rings. The molecule has 2 aromatic heterocycles. The van der Waals surface area contributed by atoms with Crippen molar-refractivity contribution in [2.75, 3.05) is 10.6 Å². The van der Waals surface area contributed by atoms with E-state index in [0.717, 1.165) is 16.5 Å². The predicted molar refractivity (Wildman–Crippen MR) is 86.6 cm³/mol. The molecular formula is C14H12N4OS2. The molecule has 0 bridgehead atoms. The number of benzene rings is 1. The van der Waals surface area contributed by atoms with Crippen LogP contribution in [0.2, 0.25) is 0 Å². The highest BCUT2D eigenvalue weighted by Crippen LogP contribution is 2.21. The van der Waals surface area contributed by atoms with Gasteiger partial charge in [0.1, 0.15) is 0 Å². The molecule has 0 saturated carbocycles. The normalized spacial score (nSPS) is 10.3.